The number of nitrogens with two attached hydrogens (primary N) is 1. The van der Waals surface area contributed by atoms with Gasteiger partial charge in [0.25, 0.3) is 0 Å². The van der Waals surface area contributed by atoms with Crippen LogP contribution in [0.15, 0.2) is 36.4 Å². The largest absolute Gasteiger partial charge is 0.507 e. The van der Waals surface area contributed by atoms with Crippen molar-refractivity contribution in [2.24, 2.45) is 17.8 Å². The predicted octanol–water partition coefficient (Wildman–Crippen LogP) is 2.43. The molecule has 0 saturated heterocycles. The monoisotopic (exact) mass is 520 g/mol. The van der Waals surface area contributed by atoms with Crippen LogP contribution in [0.4, 0.5) is 5.69 Å². The highest BCUT2D eigenvalue weighted by Gasteiger charge is 2.35. The second kappa shape index (κ2) is 15.2. The molecule has 1 aliphatic carbocycles. The van der Waals surface area contributed by atoms with Gasteiger partial charge in [-0.1, -0.05) is 18.2 Å². The maximum absolute atomic E-state index is 13.0. The number of phenols is 1. The van der Waals surface area contributed by atoms with Gasteiger partial charge in [0.1, 0.15) is 17.3 Å². The van der Waals surface area contributed by atoms with E-state index < -0.39 is 12.5 Å². The summed E-state index contributed by atoms with van der Waals surface area (Å²) in [4.78, 5) is 37.0. The number of hydrogen-bond donors (Lipinski definition) is 5. The normalized spacial score (nSPS) is 15.9. The van der Waals surface area contributed by atoms with E-state index in [-0.39, 0.29) is 69.1 Å². The Morgan fingerprint density at radius 1 is 1.11 bits per heavy atom. The maximum atomic E-state index is 13.0. The molecule has 2 aromatic rings. The van der Waals surface area contributed by atoms with Crippen LogP contribution in [0.2, 0.25) is 0 Å². The van der Waals surface area contributed by atoms with Gasteiger partial charge < -0.3 is 31.8 Å². The summed E-state index contributed by atoms with van der Waals surface area (Å²) >= 11 is 0. The molecule has 0 heterocycles. The molecule has 0 spiro atoms. The van der Waals surface area contributed by atoms with E-state index in [0.717, 1.165) is 16.7 Å². The van der Waals surface area contributed by atoms with Crippen molar-refractivity contribution < 1.29 is 38.0 Å². The number of nitrogens with one attached hydrogen (secondary N) is 1. The van der Waals surface area contributed by atoms with Crippen LogP contribution in [-0.4, -0.2) is 65.5 Å². The molecule has 0 fully saturated rings. The highest BCUT2D eigenvalue weighted by Crippen LogP contribution is 2.41. The number of Topliss-reactive ketones (excluding diaryl/α,β-unsaturated/α-hetero) is 3. The molecule has 8 N–H and O–H groups in total. The standard InChI is InChI=1S/C26H31NO6.C2H7N.H2O.2H2/c1-15(30)10-24(32)22(14-29)18(8-9-28)11-16-12-21-20(17-2-4-19(27)5-3-17)6-7-23(31)26(21)25(33)13-16;1-3-2;;;/h2-7,16,18,22,28-29,31H,8-14,27H2,1H3;3H,1-2H3;1H2;2*1H. The zero-order valence-corrected chi connectivity index (χ0v) is 21.8. The van der Waals surface area contributed by atoms with Gasteiger partial charge in [-0.3, -0.25) is 14.4 Å². The van der Waals surface area contributed by atoms with Crippen LogP contribution < -0.4 is 11.1 Å². The summed E-state index contributed by atoms with van der Waals surface area (Å²) in [7, 11) is 3.75. The zero-order chi connectivity index (χ0) is 26.8. The lowest BCUT2D eigenvalue weighted by Crippen LogP contribution is -2.32. The van der Waals surface area contributed by atoms with Gasteiger partial charge in [0, 0.05) is 27.5 Å². The van der Waals surface area contributed by atoms with Crippen molar-refractivity contribution >= 4 is 23.0 Å². The fourth-order valence-corrected chi connectivity index (χ4v) is 4.95. The van der Waals surface area contributed by atoms with Crippen molar-refractivity contribution in [3.63, 3.8) is 0 Å². The summed E-state index contributed by atoms with van der Waals surface area (Å²) in [6, 6.07) is 10.6. The molecule has 0 bridgehead atoms. The summed E-state index contributed by atoms with van der Waals surface area (Å²) in [6.45, 7) is 0.754. The van der Waals surface area contributed by atoms with Gasteiger partial charge in [-0.15, -0.1) is 0 Å². The fourth-order valence-electron chi connectivity index (χ4n) is 4.95. The van der Waals surface area contributed by atoms with Crippen molar-refractivity contribution in [3.8, 4) is 16.9 Å². The molecular weight excluding hydrogens is 476 g/mol. The number of carbonyl (C=O) groups excluding carboxylic acids is 3. The third-order valence-corrected chi connectivity index (χ3v) is 6.50. The minimum absolute atomic E-state index is 0. The van der Waals surface area contributed by atoms with Crippen molar-refractivity contribution in [2.75, 3.05) is 33.0 Å². The lowest BCUT2D eigenvalue weighted by atomic mass is 9.72. The molecule has 1 aliphatic rings. The minimum atomic E-state index is -0.765. The fraction of sp³-hybridized carbons (Fsp3) is 0.464. The van der Waals surface area contributed by atoms with Gasteiger partial charge in [-0.05, 0) is 87.0 Å². The molecule has 0 amide bonds. The molecule has 9 nitrogen and oxygen atoms in total. The van der Waals surface area contributed by atoms with Crippen LogP contribution in [0.1, 0.15) is 51.4 Å². The van der Waals surface area contributed by atoms with Gasteiger partial charge in [-0.2, -0.15) is 0 Å². The molecule has 3 atom stereocenters. The van der Waals surface area contributed by atoms with E-state index in [1.165, 1.54) is 13.0 Å². The Hall–Kier alpha value is -3.11. The van der Waals surface area contributed by atoms with E-state index >= 15 is 0 Å². The molecule has 0 aliphatic heterocycles. The number of aliphatic hydroxyl groups is 2. The summed E-state index contributed by atoms with van der Waals surface area (Å²) in [6.07, 6.45) is 1.19. The van der Waals surface area contributed by atoms with Gasteiger partial charge in [0.2, 0.25) is 0 Å². The number of aromatic hydroxyl groups is 1. The van der Waals surface area contributed by atoms with Crippen molar-refractivity contribution in [3.05, 3.63) is 47.5 Å². The van der Waals surface area contributed by atoms with Crippen molar-refractivity contribution in [1.82, 2.24) is 5.32 Å². The smallest absolute Gasteiger partial charge is 0.167 e. The van der Waals surface area contributed by atoms with Crippen LogP contribution in [0, 0.1) is 17.8 Å². The van der Waals surface area contributed by atoms with Gasteiger partial charge in [0.15, 0.2) is 5.78 Å². The van der Waals surface area contributed by atoms with Crippen molar-refractivity contribution in [2.45, 2.75) is 39.0 Å². The third kappa shape index (κ3) is 8.46. The van der Waals surface area contributed by atoms with E-state index in [2.05, 4.69) is 5.32 Å². The molecule has 0 aromatic heterocycles. The molecular formula is C28H44N2O7. The Morgan fingerprint density at radius 2 is 1.73 bits per heavy atom. The molecule has 9 heteroatoms. The molecule has 2 aromatic carbocycles. The highest BCUT2D eigenvalue weighted by molar-refractivity contribution is 6.03. The number of hydrogen-bond acceptors (Lipinski definition) is 8. The molecule has 208 valence electrons. The third-order valence-electron chi connectivity index (χ3n) is 6.50. The Labute approximate surface area is 221 Å². The van der Waals surface area contributed by atoms with Crippen molar-refractivity contribution in [1.29, 1.82) is 0 Å². The number of phenolic OH excluding ortho intramolecular Hbond substituents is 1. The average molecular weight is 521 g/mol. The van der Waals surface area contributed by atoms with Gasteiger partial charge in [0.05, 0.1) is 18.6 Å². The van der Waals surface area contributed by atoms with Gasteiger partial charge in [-0.25, -0.2) is 0 Å². The first kappa shape index (κ1) is 31.9. The first-order chi connectivity index (χ1) is 17.2. The number of aliphatic hydroxyl groups excluding tert-OH is 2. The number of fused-ring (bicyclic) bond motifs is 1. The van der Waals surface area contributed by atoms with E-state index in [1.54, 1.807) is 18.2 Å². The van der Waals surface area contributed by atoms with E-state index in [4.69, 9.17) is 5.73 Å². The summed E-state index contributed by atoms with van der Waals surface area (Å²) in [5.41, 5.74) is 9.22. The van der Waals surface area contributed by atoms with E-state index in [0.29, 0.717) is 24.1 Å². The Morgan fingerprint density at radius 3 is 2.27 bits per heavy atom. The Balaban J connectivity index is 0. The SMILES string of the molecule is CC(=O)CC(=O)C(CO)C(CCO)CC1CC(=O)c2c(O)ccc(-c3ccc(N)cc3)c2C1.CNC.O.[HH].[HH]. The molecule has 3 unspecified atom stereocenters. The first-order valence-electron chi connectivity index (χ1n) is 12.2. The number of ketones is 3. The second-order valence-corrected chi connectivity index (χ2v) is 9.45. The van der Waals surface area contributed by atoms with Gasteiger partial charge >= 0.3 is 0 Å². The van der Waals surface area contributed by atoms with E-state index in [1.807, 2.05) is 26.2 Å². The minimum Gasteiger partial charge on any atom is -0.507 e. The lowest BCUT2D eigenvalue weighted by molar-refractivity contribution is -0.131. The van der Waals surface area contributed by atoms with Crippen LogP contribution in [0.25, 0.3) is 11.1 Å². The predicted molar refractivity (Wildman–Crippen MR) is 148 cm³/mol. The summed E-state index contributed by atoms with van der Waals surface area (Å²) in [5, 5.41) is 32.6. The van der Waals surface area contributed by atoms with Crippen LogP contribution in [0.3, 0.4) is 0 Å². The number of rotatable bonds is 10. The number of nitrogen functional groups attached to an aromatic ring is 1. The van der Waals surface area contributed by atoms with Crippen LogP contribution >= 0.6 is 0 Å². The van der Waals surface area contributed by atoms with E-state index in [9.17, 15) is 29.7 Å². The Bertz CT molecular complexity index is 1060. The quantitative estimate of drug-likeness (QED) is 0.234. The Kier molecular flexibility index (Phi) is 13.1. The molecule has 3 rings (SSSR count). The topological polar surface area (TPSA) is 181 Å². The molecule has 0 saturated carbocycles. The average Bonchev–Trinajstić information content (AvgIpc) is 2.80. The van der Waals surface area contributed by atoms with Crippen LogP contribution in [-0.2, 0) is 16.0 Å². The number of anilines is 1. The zero-order valence-electron chi connectivity index (χ0n) is 21.8. The van der Waals surface area contributed by atoms with Crippen LogP contribution in [0.5, 0.6) is 5.75 Å². The molecule has 37 heavy (non-hydrogen) atoms. The summed E-state index contributed by atoms with van der Waals surface area (Å²) in [5.74, 6) is -2.09. The maximum Gasteiger partial charge on any atom is 0.167 e. The number of benzene rings is 2. The highest BCUT2D eigenvalue weighted by atomic mass is 16.3. The first-order valence-corrected chi connectivity index (χ1v) is 12.2. The molecule has 0 radical (unpaired) electrons. The second-order valence-electron chi connectivity index (χ2n) is 9.45. The number of carbonyl (C=O) groups is 3. The summed E-state index contributed by atoms with van der Waals surface area (Å²) < 4.78 is 0. The lowest BCUT2D eigenvalue weighted by Gasteiger charge is -2.31.